The molecule has 0 amide bonds. The molecule has 35 heavy (non-hydrogen) atoms. The van der Waals surface area contributed by atoms with Crippen LogP contribution >= 0.6 is 11.6 Å². The minimum absolute atomic E-state index is 0.117. The molecule has 1 heterocycles. The van der Waals surface area contributed by atoms with E-state index >= 15 is 4.39 Å². The Kier molecular flexibility index (Phi) is 7.26. The average Bonchev–Trinajstić information content (AvgIpc) is 2.83. The summed E-state index contributed by atoms with van der Waals surface area (Å²) in [6.07, 6.45) is 0.632. The molecule has 2 aromatic carbocycles. The number of methoxy groups -OCH3 is 2. The fourth-order valence-electron chi connectivity index (χ4n) is 5.06. The summed E-state index contributed by atoms with van der Waals surface area (Å²) in [5.41, 5.74) is 2.36. The molecule has 0 fully saturated rings. The van der Waals surface area contributed by atoms with Crippen molar-refractivity contribution < 1.29 is 28.2 Å². The van der Waals surface area contributed by atoms with Crippen molar-refractivity contribution in [3.05, 3.63) is 69.6 Å². The summed E-state index contributed by atoms with van der Waals surface area (Å²) in [7, 11) is 3.12. The van der Waals surface area contributed by atoms with Crippen LogP contribution in [0.3, 0.4) is 0 Å². The number of aliphatic imine (C=N–C) groups is 1. The van der Waals surface area contributed by atoms with Gasteiger partial charge in [0, 0.05) is 39.9 Å². The zero-order valence-corrected chi connectivity index (χ0v) is 20.8. The van der Waals surface area contributed by atoms with E-state index in [4.69, 9.17) is 25.8 Å². The Balaban J connectivity index is 1.82. The van der Waals surface area contributed by atoms with E-state index in [1.807, 2.05) is 12.1 Å². The molecule has 3 atom stereocenters. The van der Waals surface area contributed by atoms with Gasteiger partial charge in [-0.05, 0) is 56.0 Å². The van der Waals surface area contributed by atoms with Crippen molar-refractivity contribution in [3.8, 4) is 11.5 Å². The van der Waals surface area contributed by atoms with Crippen LogP contribution < -0.4 is 9.47 Å². The minimum Gasteiger partial charge on any atom is -0.493 e. The quantitative estimate of drug-likeness (QED) is 0.481. The van der Waals surface area contributed by atoms with E-state index < -0.39 is 23.6 Å². The zero-order chi connectivity index (χ0) is 25.3. The molecule has 1 aliphatic carbocycles. The molecule has 0 bridgehead atoms. The number of benzene rings is 2. The third-order valence-corrected chi connectivity index (χ3v) is 6.95. The number of allylic oxidation sites excluding steroid dienone is 2. The molecule has 0 saturated carbocycles. The smallest absolute Gasteiger partial charge is 0.315 e. The molecule has 0 radical (unpaired) electrons. The van der Waals surface area contributed by atoms with E-state index in [0.29, 0.717) is 34.9 Å². The normalized spacial score (nSPS) is 21.8. The number of rotatable bonds is 6. The molecule has 1 unspecified atom stereocenters. The number of hydrogen-bond acceptors (Lipinski definition) is 6. The average molecular weight is 500 g/mol. The fourth-order valence-corrected chi connectivity index (χ4v) is 5.34. The van der Waals surface area contributed by atoms with E-state index in [-0.39, 0.29) is 35.3 Å². The highest BCUT2D eigenvalue weighted by atomic mass is 35.5. The van der Waals surface area contributed by atoms with Crippen molar-refractivity contribution in [3.63, 3.8) is 0 Å². The Morgan fingerprint density at radius 2 is 1.89 bits per heavy atom. The number of ketones is 1. The summed E-state index contributed by atoms with van der Waals surface area (Å²) in [4.78, 5) is 31.3. The molecule has 6 nitrogen and oxygen atoms in total. The third kappa shape index (κ3) is 4.57. The van der Waals surface area contributed by atoms with E-state index in [2.05, 4.69) is 4.99 Å². The lowest BCUT2D eigenvalue weighted by Crippen LogP contribution is -2.38. The van der Waals surface area contributed by atoms with Crippen molar-refractivity contribution >= 4 is 29.1 Å². The lowest BCUT2D eigenvalue weighted by Gasteiger charge is -2.37. The van der Waals surface area contributed by atoms with Crippen LogP contribution in [0, 0.1) is 11.7 Å². The van der Waals surface area contributed by atoms with Crippen molar-refractivity contribution in [2.45, 2.75) is 38.5 Å². The molecular formula is C27H27ClFNO5. The number of hydrogen-bond donors (Lipinski definition) is 0. The Bertz CT molecular complexity index is 1220. The Morgan fingerprint density at radius 1 is 1.14 bits per heavy atom. The number of ether oxygens (including phenoxy) is 3. The van der Waals surface area contributed by atoms with Crippen LogP contribution in [0.5, 0.6) is 11.5 Å². The van der Waals surface area contributed by atoms with Gasteiger partial charge in [0.25, 0.3) is 0 Å². The SMILES string of the molecule is CCOC(=O)C1C(C)=NC2=C(C(=O)C[C@@H](c3ccc(OC)c(OC)c3)C2)[C@H]1c1c(F)cccc1Cl. The number of carbonyl (C=O) groups is 2. The Hall–Kier alpha value is -3.19. The van der Waals surface area contributed by atoms with Gasteiger partial charge < -0.3 is 14.2 Å². The van der Waals surface area contributed by atoms with Crippen LogP contribution in [0.2, 0.25) is 5.02 Å². The molecule has 0 saturated heterocycles. The van der Waals surface area contributed by atoms with Gasteiger partial charge >= 0.3 is 5.97 Å². The van der Waals surface area contributed by atoms with Crippen molar-refractivity contribution in [2.24, 2.45) is 10.9 Å². The van der Waals surface area contributed by atoms with Gasteiger partial charge in [-0.1, -0.05) is 23.7 Å². The summed E-state index contributed by atoms with van der Waals surface area (Å²) >= 11 is 6.43. The second-order valence-corrected chi connectivity index (χ2v) is 9.01. The highest BCUT2D eigenvalue weighted by Gasteiger charge is 2.46. The lowest BCUT2D eigenvalue weighted by atomic mass is 9.69. The number of carbonyl (C=O) groups excluding carboxylic acids is 2. The largest absolute Gasteiger partial charge is 0.493 e. The van der Waals surface area contributed by atoms with Crippen molar-refractivity contribution in [1.82, 2.24) is 0 Å². The molecule has 4 rings (SSSR count). The third-order valence-electron chi connectivity index (χ3n) is 6.62. The first-order chi connectivity index (χ1) is 16.8. The molecule has 0 aromatic heterocycles. The van der Waals surface area contributed by atoms with Crippen LogP contribution in [-0.2, 0) is 14.3 Å². The second-order valence-electron chi connectivity index (χ2n) is 8.60. The van der Waals surface area contributed by atoms with Crippen LogP contribution in [0.25, 0.3) is 0 Å². The fraction of sp³-hybridized carbons (Fsp3) is 0.370. The minimum atomic E-state index is -0.940. The summed E-state index contributed by atoms with van der Waals surface area (Å²) in [5.74, 6) is -2.17. The molecule has 8 heteroatoms. The van der Waals surface area contributed by atoms with Gasteiger partial charge in [0.05, 0.1) is 20.8 Å². The summed E-state index contributed by atoms with van der Waals surface area (Å²) in [6, 6.07) is 9.89. The van der Waals surface area contributed by atoms with E-state index in [0.717, 1.165) is 5.56 Å². The maximum absolute atomic E-state index is 15.1. The van der Waals surface area contributed by atoms with Gasteiger partial charge in [0.2, 0.25) is 0 Å². The van der Waals surface area contributed by atoms with Gasteiger partial charge in [0.1, 0.15) is 11.7 Å². The van der Waals surface area contributed by atoms with Gasteiger partial charge in [-0.25, -0.2) is 4.39 Å². The number of esters is 1. The number of Topliss-reactive ketones (excluding diaryl/α,β-unsaturated/α-hetero) is 1. The summed E-state index contributed by atoms with van der Waals surface area (Å²) < 4.78 is 31.2. The maximum atomic E-state index is 15.1. The first kappa shape index (κ1) is 24.9. The van der Waals surface area contributed by atoms with Gasteiger partial charge in [0.15, 0.2) is 17.3 Å². The van der Waals surface area contributed by atoms with E-state index in [9.17, 15) is 9.59 Å². The first-order valence-electron chi connectivity index (χ1n) is 11.4. The van der Waals surface area contributed by atoms with Gasteiger partial charge in [-0.3, -0.25) is 14.6 Å². The Labute approximate surface area is 208 Å². The molecule has 184 valence electrons. The molecule has 1 aliphatic heterocycles. The molecule has 0 spiro atoms. The molecule has 2 aromatic rings. The second kappa shape index (κ2) is 10.2. The van der Waals surface area contributed by atoms with Gasteiger partial charge in [-0.2, -0.15) is 0 Å². The molecule has 2 aliphatic rings. The van der Waals surface area contributed by atoms with Crippen LogP contribution in [0.15, 0.2) is 52.7 Å². The standard InChI is InChI=1S/C27H27ClFNO5/c1-5-35-27(32)23-14(2)30-19-11-16(15-9-10-21(33-3)22(13-15)34-4)12-20(31)25(19)26(23)24-17(28)7-6-8-18(24)29/h6-10,13,16,23,26H,5,11-12H2,1-4H3/t16-,23?,26+/m0/s1. The van der Waals surface area contributed by atoms with Crippen LogP contribution in [-0.4, -0.2) is 38.3 Å². The van der Waals surface area contributed by atoms with Crippen molar-refractivity contribution in [1.29, 1.82) is 0 Å². The van der Waals surface area contributed by atoms with Gasteiger partial charge in [-0.15, -0.1) is 0 Å². The summed E-state index contributed by atoms with van der Waals surface area (Å²) in [5, 5.41) is 0.153. The van der Waals surface area contributed by atoms with Crippen LogP contribution in [0.1, 0.15) is 49.7 Å². The number of halogens is 2. The van der Waals surface area contributed by atoms with E-state index in [1.165, 1.54) is 12.1 Å². The Morgan fingerprint density at radius 3 is 2.54 bits per heavy atom. The highest BCUT2D eigenvalue weighted by Crippen LogP contribution is 2.49. The number of nitrogens with zero attached hydrogens (tertiary/aromatic N) is 1. The first-order valence-corrected chi connectivity index (χ1v) is 11.8. The monoisotopic (exact) mass is 499 g/mol. The zero-order valence-electron chi connectivity index (χ0n) is 20.1. The molecular weight excluding hydrogens is 473 g/mol. The lowest BCUT2D eigenvalue weighted by molar-refractivity contribution is -0.146. The topological polar surface area (TPSA) is 74.2 Å². The highest BCUT2D eigenvalue weighted by molar-refractivity contribution is 6.31. The maximum Gasteiger partial charge on any atom is 0.315 e. The summed E-state index contributed by atoms with van der Waals surface area (Å²) in [6.45, 7) is 3.56. The predicted octanol–water partition coefficient (Wildman–Crippen LogP) is 5.63. The predicted molar refractivity (Wildman–Crippen MR) is 131 cm³/mol. The van der Waals surface area contributed by atoms with E-state index in [1.54, 1.807) is 40.2 Å². The van der Waals surface area contributed by atoms with Crippen LogP contribution in [0.4, 0.5) is 4.39 Å². The molecule has 0 N–H and O–H groups in total. The van der Waals surface area contributed by atoms with Crippen molar-refractivity contribution in [2.75, 3.05) is 20.8 Å².